The van der Waals surface area contributed by atoms with Crippen molar-refractivity contribution in [3.8, 4) is 5.75 Å². The quantitative estimate of drug-likeness (QED) is 0.358. The van der Waals surface area contributed by atoms with Crippen LogP contribution in [0.2, 0.25) is 0 Å². The fourth-order valence-corrected chi connectivity index (χ4v) is 1.80. The molecular formula is C14H23N3O2. The van der Waals surface area contributed by atoms with Gasteiger partial charge in [-0.25, -0.2) is 0 Å². The van der Waals surface area contributed by atoms with Crippen LogP contribution in [0, 0.1) is 5.92 Å². The molecule has 1 aromatic carbocycles. The maximum atomic E-state index is 8.85. The molecule has 0 atom stereocenters. The lowest BCUT2D eigenvalue weighted by molar-refractivity contribution is 0.318. The molecule has 0 spiro atoms. The Morgan fingerprint density at radius 1 is 1.47 bits per heavy atom. The largest absolute Gasteiger partial charge is 0.497 e. The van der Waals surface area contributed by atoms with Gasteiger partial charge in [0.2, 0.25) is 0 Å². The van der Waals surface area contributed by atoms with Gasteiger partial charge in [0.15, 0.2) is 5.84 Å². The van der Waals surface area contributed by atoms with Crippen molar-refractivity contribution in [3.63, 3.8) is 0 Å². The summed E-state index contributed by atoms with van der Waals surface area (Å²) in [5.41, 5.74) is 7.31. The molecule has 1 aromatic rings. The molecule has 0 heterocycles. The predicted octanol–water partition coefficient (Wildman–Crippen LogP) is 2.27. The molecule has 0 saturated heterocycles. The van der Waals surface area contributed by atoms with Crippen LogP contribution in [0.25, 0.3) is 0 Å². The summed E-state index contributed by atoms with van der Waals surface area (Å²) in [4.78, 5) is 2.09. The first-order valence-electron chi connectivity index (χ1n) is 6.36. The smallest absolute Gasteiger partial charge is 0.172 e. The van der Waals surface area contributed by atoms with Gasteiger partial charge in [0.25, 0.3) is 0 Å². The molecule has 5 heteroatoms. The van der Waals surface area contributed by atoms with Crippen LogP contribution in [0.4, 0.5) is 5.69 Å². The number of methoxy groups -OCH3 is 1. The van der Waals surface area contributed by atoms with E-state index in [2.05, 4.69) is 23.9 Å². The minimum atomic E-state index is 0.106. The highest BCUT2D eigenvalue weighted by molar-refractivity contribution is 6.02. The second-order valence-electron chi connectivity index (χ2n) is 4.97. The number of hydrogen-bond acceptors (Lipinski definition) is 4. The zero-order valence-electron chi connectivity index (χ0n) is 12.1. The van der Waals surface area contributed by atoms with Crippen LogP contribution in [0.3, 0.4) is 0 Å². The second-order valence-corrected chi connectivity index (χ2v) is 4.97. The summed E-state index contributed by atoms with van der Waals surface area (Å²) in [6.07, 6.45) is 1.07. The molecule has 0 unspecified atom stereocenters. The lowest BCUT2D eigenvalue weighted by Crippen LogP contribution is -2.24. The molecule has 0 saturated carbocycles. The molecule has 0 aliphatic heterocycles. The minimum Gasteiger partial charge on any atom is -0.497 e. The van der Waals surface area contributed by atoms with E-state index in [1.807, 2.05) is 13.1 Å². The Kier molecular flexibility index (Phi) is 5.48. The summed E-state index contributed by atoms with van der Waals surface area (Å²) in [5, 5.41) is 11.9. The molecule has 1 rings (SSSR count). The van der Waals surface area contributed by atoms with Crippen LogP contribution < -0.4 is 15.4 Å². The van der Waals surface area contributed by atoms with Crippen molar-refractivity contribution >= 4 is 11.5 Å². The Hall–Kier alpha value is -1.91. The highest BCUT2D eigenvalue weighted by Crippen LogP contribution is 2.25. The van der Waals surface area contributed by atoms with E-state index in [0.717, 1.165) is 24.4 Å². The van der Waals surface area contributed by atoms with E-state index >= 15 is 0 Å². The van der Waals surface area contributed by atoms with Gasteiger partial charge in [-0.3, -0.25) is 0 Å². The van der Waals surface area contributed by atoms with Gasteiger partial charge in [-0.1, -0.05) is 19.0 Å². The Morgan fingerprint density at radius 2 is 2.16 bits per heavy atom. The summed E-state index contributed by atoms with van der Waals surface area (Å²) >= 11 is 0. The maximum absolute atomic E-state index is 8.85. The summed E-state index contributed by atoms with van der Waals surface area (Å²) < 4.78 is 5.23. The molecule has 0 radical (unpaired) electrons. The SMILES string of the molecule is COc1ccc(/C(N)=N/O)c(N(C)CCC(C)C)c1. The lowest BCUT2D eigenvalue weighted by Gasteiger charge is -2.23. The van der Waals surface area contributed by atoms with E-state index in [4.69, 9.17) is 15.7 Å². The van der Waals surface area contributed by atoms with Crippen molar-refractivity contribution in [2.24, 2.45) is 16.8 Å². The lowest BCUT2D eigenvalue weighted by atomic mass is 10.1. The van der Waals surface area contributed by atoms with Crippen LogP contribution in [-0.4, -0.2) is 31.7 Å². The molecule has 0 aliphatic rings. The van der Waals surface area contributed by atoms with Gasteiger partial charge in [-0.2, -0.15) is 0 Å². The first kappa shape index (κ1) is 15.1. The average Bonchev–Trinajstić information content (AvgIpc) is 2.43. The number of benzene rings is 1. The van der Waals surface area contributed by atoms with Crippen molar-refractivity contribution in [3.05, 3.63) is 23.8 Å². The van der Waals surface area contributed by atoms with Gasteiger partial charge in [-0.15, -0.1) is 0 Å². The molecule has 19 heavy (non-hydrogen) atoms. The van der Waals surface area contributed by atoms with E-state index in [1.54, 1.807) is 19.2 Å². The molecule has 0 amide bonds. The number of ether oxygens (including phenoxy) is 1. The summed E-state index contributed by atoms with van der Waals surface area (Å²) in [7, 11) is 3.61. The van der Waals surface area contributed by atoms with Crippen LogP contribution >= 0.6 is 0 Å². The van der Waals surface area contributed by atoms with Crippen LogP contribution in [-0.2, 0) is 0 Å². The van der Waals surface area contributed by atoms with Crippen molar-refractivity contribution < 1.29 is 9.94 Å². The van der Waals surface area contributed by atoms with Crippen LogP contribution in [0.5, 0.6) is 5.75 Å². The topological polar surface area (TPSA) is 71.1 Å². The van der Waals surface area contributed by atoms with E-state index in [9.17, 15) is 0 Å². The summed E-state index contributed by atoms with van der Waals surface area (Å²) in [6, 6.07) is 5.50. The molecule has 3 N–H and O–H groups in total. The van der Waals surface area contributed by atoms with Crippen molar-refractivity contribution in [1.82, 2.24) is 0 Å². The fourth-order valence-electron chi connectivity index (χ4n) is 1.80. The highest BCUT2D eigenvalue weighted by Gasteiger charge is 2.13. The molecule has 0 fully saturated rings. The van der Waals surface area contributed by atoms with Gasteiger partial charge >= 0.3 is 0 Å². The highest BCUT2D eigenvalue weighted by atomic mass is 16.5. The Labute approximate surface area is 114 Å². The van der Waals surface area contributed by atoms with E-state index in [1.165, 1.54) is 0 Å². The monoisotopic (exact) mass is 265 g/mol. The summed E-state index contributed by atoms with van der Waals surface area (Å²) in [5.74, 6) is 1.48. The second kappa shape index (κ2) is 6.87. The summed E-state index contributed by atoms with van der Waals surface area (Å²) in [6.45, 7) is 5.27. The predicted molar refractivity (Wildman–Crippen MR) is 78.2 cm³/mol. The normalized spacial score (nSPS) is 11.7. The van der Waals surface area contributed by atoms with E-state index in [0.29, 0.717) is 11.5 Å². The van der Waals surface area contributed by atoms with Gasteiger partial charge < -0.3 is 20.6 Å². The third-order valence-electron chi connectivity index (χ3n) is 3.04. The average molecular weight is 265 g/mol. The number of nitrogens with zero attached hydrogens (tertiary/aromatic N) is 2. The maximum Gasteiger partial charge on any atom is 0.172 e. The standard InChI is InChI=1S/C14H23N3O2/c1-10(2)7-8-17(3)13-9-11(19-4)5-6-12(13)14(15)16-18/h5-6,9-10,18H,7-8H2,1-4H3,(H2,15,16). The van der Waals surface area contributed by atoms with Crippen LogP contribution in [0.15, 0.2) is 23.4 Å². The number of rotatable bonds is 6. The molecule has 106 valence electrons. The Balaban J connectivity index is 3.06. The van der Waals surface area contributed by atoms with Crippen molar-refractivity contribution in [1.29, 1.82) is 0 Å². The Morgan fingerprint density at radius 3 is 2.68 bits per heavy atom. The number of oxime groups is 1. The van der Waals surface area contributed by atoms with Crippen molar-refractivity contribution in [2.75, 3.05) is 25.6 Å². The van der Waals surface area contributed by atoms with Gasteiger partial charge in [-0.05, 0) is 24.5 Å². The molecule has 0 aliphatic carbocycles. The first-order chi connectivity index (χ1) is 8.99. The third-order valence-corrected chi connectivity index (χ3v) is 3.04. The first-order valence-corrected chi connectivity index (χ1v) is 6.36. The molecular weight excluding hydrogens is 242 g/mol. The fraction of sp³-hybridized carbons (Fsp3) is 0.500. The minimum absolute atomic E-state index is 0.106. The zero-order valence-corrected chi connectivity index (χ0v) is 12.1. The zero-order chi connectivity index (χ0) is 14.4. The number of amidine groups is 1. The van der Waals surface area contributed by atoms with Gasteiger partial charge in [0.1, 0.15) is 5.75 Å². The Bertz CT molecular complexity index is 444. The molecule has 5 nitrogen and oxygen atoms in total. The molecule has 0 bridgehead atoms. The third kappa shape index (κ3) is 4.05. The van der Waals surface area contributed by atoms with Gasteiger partial charge in [0, 0.05) is 25.2 Å². The van der Waals surface area contributed by atoms with E-state index in [-0.39, 0.29) is 5.84 Å². The van der Waals surface area contributed by atoms with Crippen molar-refractivity contribution in [2.45, 2.75) is 20.3 Å². The van der Waals surface area contributed by atoms with Crippen LogP contribution in [0.1, 0.15) is 25.8 Å². The van der Waals surface area contributed by atoms with Gasteiger partial charge in [0.05, 0.1) is 12.8 Å². The number of anilines is 1. The number of hydrogen-bond donors (Lipinski definition) is 2. The molecule has 0 aromatic heterocycles. The van der Waals surface area contributed by atoms with E-state index < -0.39 is 0 Å². The number of nitrogens with two attached hydrogens (primary N) is 1.